The Morgan fingerprint density at radius 1 is 1.30 bits per heavy atom. The standard InChI is InChI=1S/C9H18O/c1-4-5-6-7-9(2,3)8-10/h8H,4-7H2,1-3H3. The Hall–Kier alpha value is -0.330. The molecular weight excluding hydrogens is 124 g/mol. The van der Waals surface area contributed by atoms with Crippen LogP contribution in [0.15, 0.2) is 0 Å². The molecule has 0 bridgehead atoms. The fourth-order valence-electron chi connectivity index (χ4n) is 0.890. The lowest BCUT2D eigenvalue weighted by molar-refractivity contribution is -0.115. The van der Waals surface area contributed by atoms with E-state index in [1.807, 2.05) is 13.8 Å². The topological polar surface area (TPSA) is 17.1 Å². The van der Waals surface area contributed by atoms with Gasteiger partial charge in [-0.3, -0.25) is 0 Å². The van der Waals surface area contributed by atoms with Crippen molar-refractivity contribution in [1.29, 1.82) is 0 Å². The highest BCUT2D eigenvalue weighted by Crippen LogP contribution is 2.20. The van der Waals surface area contributed by atoms with Crippen molar-refractivity contribution in [3.8, 4) is 0 Å². The number of aldehydes is 1. The Bertz CT molecular complexity index is 94.9. The first kappa shape index (κ1) is 9.67. The van der Waals surface area contributed by atoms with Crippen LogP contribution >= 0.6 is 0 Å². The van der Waals surface area contributed by atoms with Crippen LogP contribution in [0.2, 0.25) is 0 Å². The summed E-state index contributed by atoms with van der Waals surface area (Å²) in [4.78, 5) is 10.4. The average Bonchev–Trinajstić information content (AvgIpc) is 1.89. The average molecular weight is 142 g/mol. The van der Waals surface area contributed by atoms with Crippen molar-refractivity contribution < 1.29 is 4.79 Å². The minimum Gasteiger partial charge on any atom is -0.303 e. The molecule has 0 aliphatic heterocycles. The summed E-state index contributed by atoms with van der Waals surface area (Å²) in [7, 11) is 0. The van der Waals surface area contributed by atoms with Gasteiger partial charge in [0, 0.05) is 5.41 Å². The highest BCUT2D eigenvalue weighted by Gasteiger charge is 2.14. The third-order valence-electron chi connectivity index (χ3n) is 1.74. The third-order valence-corrected chi connectivity index (χ3v) is 1.74. The molecule has 0 aromatic heterocycles. The number of rotatable bonds is 5. The van der Waals surface area contributed by atoms with E-state index in [9.17, 15) is 4.79 Å². The summed E-state index contributed by atoms with van der Waals surface area (Å²) in [5, 5.41) is 0. The van der Waals surface area contributed by atoms with Gasteiger partial charge in [-0.05, 0) is 6.42 Å². The smallest absolute Gasteiger partial charge is 0.125 e. The Kier molecular flexibility index (Phi) is 4.33. The maximum atomic E-state index is 10.4. The van der Waals surface area contributed by atoms with Gasteiger partial charge in [-0.2, -0.15) is 0 Å². The highest BCUT2D eigenvalue weighted by molar-refractivity contribution is 5.57. The van der Waals surface area contributed by atoms with E-state index in [-0.39, 0.29) is 5.41 Å². The van der Waals surface area contributed by atoms with E-state index in [1.165, 1.54) is 19.3 Å². The van der Waals surface area contributed by atoms with Crippen LogP contribution in [0.3, 0.4) is 0 Å². The van der Waals surface area contributed by atoms with Crippen LogP contribution in [-0.4, -0.2) is 6.29 Å². The second-order valence-electron chi connectivity index (χ2n) is 3.56. The number of unbranched alkanes of at least 4 members (excludes halogenated alkanes) is 2. The molecule has 0 atom stereocenters. The predicted octanol–water partition coefficient (Wildman–Crippen LogP) is 2.79. The fraction of sp³-hybridized carbons (Fsp3) is 0.889. The van der Waals surface area contributed by atoms with Crippen LogP contribution < -0.4 is 0 Å². The van der Waals surface area contributed by atoms with Crippen molar-refractivity contribution >= 4 is 6.29 Å². The summed E-state index contributed by atoms with van der Waals surface area (Å²) in [5.41, 5.74) is -0.0881. The van der Waals surface area contributed by atoms with E-state index in [0.29, 0.717) is 0 Å². The molecule has 0 aliphatic carbocycles. The zero-order chi connectivity index (χ0) is 8.04. The Morgan fingerprint density at radius 3 is 2.30 bits per heavy atom. The second kappa shape index (κ2) is 4.48. The largest absolute Gasteiger partial charge is 0.303 e. The molecule has 0 aromatic carbocycles. The van der Waals surface area contributed by atoms with Gasteiger partial charge < -0.3 is 4.79 Å². The van der Waals surface area contributed by atoms with Gasteiger partial charge >= 0.3 is 0 Å². The van der Waals surface area contributed by atoms with E-state index in [4.69, 9.17) is 0 Å². The van der Waals surface area contributed by atoms with Crippen LogP contribution in [0, 0.1) is 5.41 Å². The lowest BCUT2D eigenvalue weighted by Gasteiger charge is -2.15. The van der Waals surface area contributed by atoms with Gasteiger partial charge in [0.15, 0.2) is 0 Å². The molecule has 0 aromatic rings. The first-order chi connectivity index (χ1) is 4.62. The van der Waals surface area contributed by atoms with Gasteiger partial charge in [0.2, 0.25) is 0 Å². The van der Waals surface area contributed by atoms with Crippen LogP contribution in [0.4, 0.5) is 0 Å². The summed E-state index contributed by atoms with van der Waals surface area (Å²) >= 11 is 0. The molecule has 0 aliphatic rings. The van der Waals surface area contributed by atoms with Gasteiger partial charge in [0.1, 0.15) is 6.29 Å². The molecule has 0 saturated heterocycles. The number of carbonyl (C=O) groups is 1. The molecule has 0 amide bonds. The molecule has 0 radical (unpaired) electrons. The molecule has 60 valence electrons. The van der Waals surface area contributed by atoms with Crippen molar-refractivity contribution in [2.24, 2.45) is 5.41 Å². The molecule has 10 heavy (non-hydrogen) atoms. The van der Waals surface area contributed by atoms with Gasteiger partial charge in [-0.1, -0.05) is 40.0 Å². The highest BCUT2D eigenvalue weighted by atomic mass is 16.1. The summed E-state index contributed by atoms with van der Waals surface area (Å²) in [6.45, 7) is 6.17. The van der Waals surface area contributed by atoms with Gasteiger partial charge in [0.25, 0.3) is 0 Å². The zero-order valence-corrected chi connectivity index (χ0v) is 7.31. The lowest BCUT2D eigenvalue weighted by atomic mass is 9.89. The minimum atomic E-state index is -0.0881. The van der Waals surface area contributed by atoms with Crippen molar-refractivity contribution in [2.75, 3.05) is 0 Å². The van der Waals surface area contributed by atoms with Gasteiger partial charge in [0.05, 0.1) is 0 Å². The maximum absolute atomic E-state index is 10.4. The Balaban J connectivity index is 3.37. The van der Waals surface area contributed by atoms with Crippen LogP contribution in [0.25, 0.3) is 0 Å². The molecule has 0 spiro atoms. The summed E-state index contributed by atoms with van der Waals surface area (Å²) in [6, 6.07) is 0. The van der Waals surface area contributed by atoms with E-state index in [1.54, 1.807) is 0 Å². The first-order valence-corrected chi connectivity index (χ1v) is 4.09. The second-order valence-corrected chi connectivity index (χ2v) is 3.56. The van der Waals surface area contributed by atoms with Crippen molar-refractivity contribution in [3.63, 3.8) is 0 Å². The first-order valence-electron chi connectivity index (χ1n) is 4.09. The van der Waals surface area contributed by atoms with E-state index in [0.717, 1.165) is 12.7 Å². The number of hydrogen-bond acceptors (Lipinski definition) is 1. The molecule has 0 rings (SSSR count). The summed E-state index contributed by atoms with van der Waals surface area (Å²) < 4.78 is 0. The van der Waals surface area contributed by atoms with Crippen molar-refractivity contribution in [3.05, 3.63) is 0 Å². The summed E-state index contributed by atoms with van der Waals surface area (Å²) in [5.74, 6) is 0. The SMILES string of the molecule is CCCCCC(C)(C)C=O. The molecule has 0 unspecified atom stereocenters. The lowest BCUT2D eigenvalue weighted by Crippen LogP contribution is -2.12. The summed E-state index contributed by atoms with van der Waals surface area (Å²) in [6.07, 6.45) is 5.75. The predicted molar refractivity (Wildman–Crippen MR) is 44.0 cm³/mol. The molecule has 0 heterocycles. The molecule has 1 nitrogen and oxygen atoms in total. The van der Waals surface area contributed by atoms with Crippen LogP contribution in [0.5, 0.6) is 0 Å². The molecule has 0 saturated carbocycles. The normalized spacial score (nSPS) is 11.5. The maximum Gasteiger partial charge on any atom is 0.125 e. The number of hydrogen-bond donors (Lipinski definition) is 0. The van der Waals surface area contributed by atoms with E-state index < -0.39 is 0 Å². The monoisotopic (exact) mass is 142 g/mol. The molecule has 1 heteroatoms. The Labute approximate surface area is 63.8 Å². The van der Waals surface area contributed by atoms with Crippen LogP contribution in [-0.2, 0) is 4.79 Å². The number of carbonyl (C=O) groups excluding carboxylic acids is 1. The third kappa shape index (κ3) is 4.54. The molecular formula is C9H18O. The van der Waals surface area contributed by atoms with E-state index in [2.05, 4.69) is 6.92 Å². The fourth-order valence-corrected chi connectivity index (χ4v) is 0.890. The van der Waals surface area contributed by atoms with E-state index >= 15 is 0 Å². The quantitative estimate of drug-likeness (QED) is 0.426. The van der Waals surface area contributed by atoms with Gasteiger partial charge in [-0.25, -0.2) is 0 Å². The van der Waals surface area contributed by atoms with Crippen molar-refractivity contribution in [2.45, 2.75) is 46.5 Å². The Morgan fingerprint density at radius 2 is 1.90 bits per heavy atom. The van der Waals surface area contributed by atoms with Crippen molar-refractivity contribution in [1.82, 2.24) is 0 Å². The minimum absolute atomic E-state index is 0.0881. The molecule has 0 N–H and O–H groups in total. The van der Waals surface area contributed by atoms with Gasteiger partial charge in [-0.15, -0.1) is 0 Å². The van der Waals surface area contributed by atoms with Crippen LogP contribution in [0.1, 0.15) is 46.5 Å². The molecule has 0 fully saturated rings. The zero-order valence-electron chi connectivity index (χ0n) is 7.31.